The minimum atomic E-state index is -1.83. The largest absolute Gasteiger partial charge is 0.503 e. The van der Waals surface area contributed by atoms with Crippen molar-refractivity contribution in [2.24, 2.45) is 0 Å². The third-order valence-corrected chi connectivity index (χ3v) is 0.740. The van der Waals surface area contributed by atoms with Crippen LogP contribution in [-0.2, 0) is 9.78 Å². The first-order valence-corrected chi connectivity index (χ1v) is 3.60. The lowest BCUT2D eigenvalue weighted by Crippen LogP contribution is -2.19. The van der Waals surface area contributed by atoms with Gasteiger partial charge in [-0.3, -0.25) is 0 Å². The molecule has 0 saturated heterocycles. The van der Waals surface area contributed by atoms with Crippen LogP contribution in [0.25, 0.3) is 0 Å². The van der Waals surface area contributed by atoms with Crippen molar-refractivity contribution in [2.75, 3.05) is 19.8 Å². The van der Waals surface area contributed by atoms with Crippen LogP contribution >= 0.6 is 0 Å². The summed E-state index contributed by atoms with van der Waals surface area (Å²) in [4.78, 5) is 17.5. The van der Waals surface area contributed by atoms with Crippen molar-refractivity contribution in [3.8, 4) is 0 Å². The summed E-state index contributed by atoms with van der Waals surface area (Å²) in [5.74, 6) is 0. The molecular weight excluding hydrogens is 196 g/mol. The monoisotopic (exact) mass is 210 g/mol. The highest BCUT2D eigenvalue weighted by Crippen LogP contribution is 1.84. The molecule has 0 aliphatic rings. The fourth-order valence-corrected chi connectivity index (χ4v) is 0.276. The van der Waals surface area contributed by atoms with Gasteiger partial charge >= 0.3 is 6.16 Å². The Morgan fingerprint density at radius 2 is 1.93 bits per heavy atom. The number of carboxylic acid groups (broad SMARTS) is 2. The summed E-state index contributed by atoms with van der Waals surface area (Å²) in [6.45, 7) is 3.31. The second-order valence-electron chi connectivity index (χ2n) is 1.98. The fourth-order valence-electron chi connectivity index (χ4n) is 0.276. The van der Waals surface area contributed by atoms with Crippen LogP contribution in [0.3, 0.4) is 0 Å². The van der Waals surface area contributed by atoms with E-state index in [-0.39, 0.29) is 19.8 Å². The highest BCUT2D eigenvalue weighted by Gasteiger charge is 2.00. The predicted octanol–water partition coefficient (Wildman–Crippen LogP) is -0.304. The Balaban J connectivity index is 0. The molecule has 1 unspecified atom stereocenters. The maximum Gasteiger partial charge on any atom is 0.503 e. The molecule has 0 aliphatic carbocycles. The number of rotatable bonds is 6. The van der Waals surface area contributed by atoms with Crippen molar-refractivity contribution in [3.63, 3.8) is 0 Å². The molecule has 0 bridgehead atoms. The second-order valence-corrected chi connectivity index (χ2v) is 1.98. The summed E-state index contributed by atoms with van der Waals surface area (Å²) < 4.78 is 0. The molecule has 0 fully saturated rings. The van der Waals surface area contributed by atoms with E-state index in [1.165, 1.54) is 6.08 Å². The van der Waals surface area contributed by atoms with E-state index in [2.05, 4.69) is 16.4 Å². The summed E-state index contributed by atoms with van der Waals surface area (Å²) >= 11 is 0. The Labute approximate surface area is 80.7 Å². The third-order valence-electron chi connectivity index (χ3n) is 0.740. The number of aliphatic hydroxyl groups excluding tert-OH is 2. The van der Waals surface area contributed by atoms with Crippen LogP contribution in [0.2, 0.25) is 0 Å². The fraction of sp³-hybridized carbons (Fsp3) is 0.571. The quantitative estimate of drug-likeness (QED) is 0.206. The van der Waals surface area contributed by atoms with Crippen molar-refractivity contribution in [1.29, 1.82) is 0 Å². The van der Waals surface area contributed by atoms with Gasteiger partial charge in [0.25, 0.3) is 0 Å². The van der Waals surface area contributed by atoms with E-state index in [9.17, 15) is 0 Å². The van der Waals surface area contributed by atoms with Gasteiger partial charge in [-0.1, -0.05) is 6.08 Å². The average Bonchev–Trinajstić information content (AvgIpc) is 2.11. The molecule has 0 aliphatic heterocycles. The van der Waals surface area contributed by atoms with Gasteiger partial charge in [-0.2, -0.15) is 0 Å². The molecule has 0 amide bonds. The molecule has 0 aromatic heterocycles. The summed E-state index contributed by atoms with van der Waals surface area (Å²) in [6, 6.07) is 0. The van der Waals surface area contributed by atoms with Gasteiger partial charge in [0.2, 0.25) is 0 Å². The van der Waals surface area contributed by atoms with Crippen LogP contribution in [0.1, 0.15) is 0 Å². The summed E-state index contributed by atoms with van der Waals surface area (Å²) in [5.41, 5.74) is 0. The first-order chi connectivity index (χ1) is 6.54. The van der Waals surface area contributed by atoms with Gasteiger partial charge in [0.1, 0.15) is 19.3 Å². The van der Waals surface area contributed by atoms with Gasteiger partial charge in [-0.25, -0.2) is 14.6 Å². The maximum atomic E-state index is 8.68. The van der Waals surface area contributed by atoms with Crippen LogP contribution in [0, 0.1) is 0 Å². The first kappa shape index (κ1) is 15.3. The van der Waals surface area contributed by atoms with E-state index in [1.54, 1.807) is 0 Å². The second kappa shape index (κ2) is 11.8. The standard InChI is InChI=1S/C6H12O4.CH2O3/c1-2-3-9-10-5-6(8)4-7;2-1(3)4/h2,6-8H,1,3-5H2;(H2,2,3,4). The summed E-state index contributed by atoms with van der Waals surface area (Å²) in [6.07, 6.45) is -1.18. The van der Waals surface area contributed by atoms with Crippen LogP contribution in [-0.4, -0.2) is 52.5 Å². The number of carbonyl (C=O) groups is 1. The molecular formula is C7H14O7. The summed E-state index contributed by atoms with van der Waals surface area (Å²) in [5, 5.41) is 30.9. The Morgan fingerprint density at radius 3 is 2.29 bits per heavy atom. The van der Waals surface area contributed by atoms with E-state index in [1.807, 2.05) is 0 Å². The first-order valence-electron chi connectivity index (χ1n) is 3.60. The minimum absolute atomic E-state index is 0.0235. The Kier molecular flexibility index (Phi) is 13.0. The molecule has 0 aromatic rings. The van der Waals surface area contributed by atoms with Crippen molar-refractivity contribution >= 4 is 6.16 Å². The van der Waals surface area contributed by atoms with Crippen molar-refractivity contribution in [3.05, 3.63) is 12.7 Å². The zero-order valence-corrected chi connectivity index (χ0v) is 7.50. The third kappa shape index (κ3) is 22.4. The van der Waals surface area contributed by atoms with Crippen molar-refractivity contribution in [2.45, 2.75) is 6.10 Å². The maximum absolute atomic E-state index is 8.68. The molecule has 0 spiro atoms. The molecule has 1 atom stereocenters. The number of hydrogen-bond acceptors (Lipinski definition) is 5. The van der Waals surface area contributed by atoms with Crippen LogP contribution in [0.15, 0.2) is 12.7 Å². The zero-order valence-electron chi connectivity index (χ0n) is 7.50. The topological polar surface area (TPSA) is 116 Å². The lowest BCUT2D eigenvalue weighted by Gasteiger charge is -2.05. The molecule has 84 valence electrons. The lowest BCUT2D eigenvalue weighted by atomic mass is 10.4. The predicted molar refractivity (Wildman–Crippen MR) is 45.8 cm³/mol. The molecule has 0 heterocycles. The smallest absolute Gasteiger partial charge is 0.450 e. The SMILES string of the molecule is C=CCOOCC(O)CO.O=C(O)O. The van der Waals surface area contributed by atoms with E-state index in [0.29, 0.717) is 0 Å². The van der Waals surface area contributed by atoms with Crippen LogP contribution in [0.5, 0.6) is 0 Å². The molecule has 7 heteroatoms. The molecule has 0 aromatic carbocycles. The van der Waals surface area contributed by atoms with Crippen molar-refractivity contribution < 1.29 is 35.0 Å². The average molecular weight is 210 g/mol. The highest BCUT2D eigenvalue weighted by molar-refractivity contribution is 5.53. The van der Waals surface area contributed by atoms with Gasteiger partial charge in [0, 0.05) is 0 Å². The molecule has 0 radical (unpaired) electrons. The van der Waals surface area contributed by atoms with Crippen molar-refractivity contribution in [1.82, 2.24) is 0 Å². The number of hydrogen-bond donors (Lipinski definition) is 4. The summed E-state index contributed by atoms with van der Waals surface area (Å²) in [7, 11) is 0. The molecule has 0 rings (SSSR count). The molecule has 0 saturated carbocycles. The molecule has 7 nitrogen and oxygen atoms in total. The molecule has 14 heavy (non-hydrogen) atoms. The van der Waals surface area contributed by atoms with E-state index in [0.717, 1.165) is 0 Å². The Morgan fingerprint density at radius 1 is 1.43 bits per heavy atom. The normalized spacial score (nSPS) is 11.0. The van der Waals surface area contributed by atoms with Gasteiger partial charge in [-0.05, 0) is 0 Å². The number of aliphatic hydroxyl groups is 2. The highest BCUT2D eigenvalue weighted by atomic mass is 17.2. The van der Waals surface area contributed by atoms with Gasteiger partial charge in [0.15, 0.2) is 0 Å². The van der Waals surface area contributed by atoms with E-state index in [4.69, 9.17) is 25.2 Å². The Bertz CT molecular complexity index is 143. The lowest BCUT2D eigenvalue weighted by molar-refractivity contribution is -0.298. The van der Waals surface area contributed by atoms with Gasteiger partial charge in [-0.15, -0.1) is 6.58 Å². The van der Waals surface area contributed by atoms with Gasteiger partial charge in [0.05, 0.1) is 6.61 Å². The van der Waals surface area contributed by atoms with E-state index < -0.39 is 12.3 Å². The Hall–Kier alpha value is -1.15. The van der Waals surface area contributed by atoms with Crippen LogP contribution in [0.4, 0.5) is 4.79 Å². The zero-order chi connectivity index (χ0) is 11.4. The van der Waals surface area contributed by atoms with Gasteiger partial charge < -0.3 is 20.4 Å². The minimum Gasteiger partial charge on any atom is -0.450 e. The molecule has 4 N–H and O–H groups in total. The van der Waals surface area contributed by atoms with Crippen LogP contribution < -0.4 is 0 Å². The van der Waals surface area contributed by atoms with E-state index >= 15 is 0 Å².